The smallest absolute Gasteiger partial charge is 0.410 e. The minimum absolute atomic E-state index is 0.325. The van der Waals surface area contributed by atoms with Crippen LogP contribution in [0.5, 0.6) is 0 Å². The molecule has 4 nitrogen and oxygen atoms in total. The number of ether oxygens (including phenoxy) is 1. The molecule has 0 spiro atoms. The summed E-state index contributed by atoms with van der Waals surface area (Å²) < 4.78 is 5.75. The number of carbonyl (C=O) groups is 1. The Morgan fingerprint density at radius 1 is 1.40 bits per heavy atom. The molecule has 106 valence electrons. The van der Waals surface area contributed by atoms with Crippen LogP contribution in [-0.2, 0) is 10.3 Å². The summed E-state index contributed by atoms with van der Waals surface area (Å²) in [6.07, 6.45) is 0.874. The second-order valence-corrected chi connectivity index (χ2v) is 6.07. The standard InChI is InChI=1S/C16H20N2O2/c1-15(2,12-17)11-16(13-7-5-4-6-8-13)9-10-18(3)14(19)20-16/h4-8H,9-11H2,1-3H3. The van der Waals surface area contributed by atoms with Gasteiger partial charge in [-0.15, -0.1) is 0 Å². The molecule has 1 heterocycles. The third-order valence-corrected chi connectivity index (χ3v) is 3.78. The first kappa shape index (κ1) is 14.4. The van der Waals surface area contributed by atoms with E-state index in [0.717, 1.165) is 5.56 Å². The van der Waals surface area contributed by atoms with Crippen molar-refractivity contribution in [2.75, 3.05) is 13.6 Å². The molecule has 1 fully saturated rings. The van der Waals surface area contributed by atoms with Crippen molar-refractivity contribution in [2.45, 2.75) is 32.3 Å². The average Bonchev–Trinajstić information content (AvgIpc) is 2.44. The van der Waals surface area contributed by atoms with E-state index in [9.17, 15) is 10.1 Å². The number of hydrogen-bond donors (Lipinski definition) is 0. The van der Waals surface area contributed by atoms with E-state index in [1.54, 1.807) is 11.9 Å². The molecule has 0 N–H and O–H groups in total. The van der Waals surface area contributed by atoms with Gasteiger partial charge < -0.3 is 9.64 Å². The summed E-state index contributed by atoms with van der Waals surface area (Å²) in [6.45, 7) is 4.39. The van der Waals surface area contributed by atoms with Crippen LogP contribution in [0.15, 0.2) is 30.3 Å². The lowest BCUT2D eigenvalue weighted by molar-refractivity contribution is -0.0658. The molecule has 0 radical (unpaired) electrons. The van der Waals surface area contributed by atoms with E-state index in [0.29, 0.717) is 19.4 Å². The summed E-state index contributed by atoms with van der Waals surface area (Å²) in [7, 11) is 1.73. The van der Waals surface area contributed by atoms with Gasteiger partial charge in [0.05, 0.1) is 11.5 Å². The van der Waals surface area contributed by atoms with Crippen molar-refractivity contribution < 1.29 is 9.53 Å². The molecule has 2 rings (SSSR count). The van der Waals surface area contributed by atoms with Gasteiger partial charge in [-0.25, -0.2) is 4.79 Å². The van der Waals surface area contributed by atoms with Gasteiger partial charge in [-0.05, 0) is 19.4 Å². The molecule has 1 aliphatic heterocycles. The molecular formula is C16H20N2O2. The Balaban J connectivity index is 2.40. The van der Waals surface area contributed by atoms with Crippen LogP contribution in [0, 0.1) is 16.7 Å². The maximum Gasteiger partial charge on any atom is 0.410 e. The molecule has 1 atom stereocenters. The zero-order chi connectivity index (χ0) is 14.8. The summed E-state index contributed by atoms with van der Waals surface area (Å²) in [6, 6.07) is 12.0. The zero-order valence-corrected chi connectivity index (χ0v) is 12.2. The Hall–Kier alpha value is -2.02. The summed E-state index contributed by atoms with van der Waals surface area (Å²) in [4.78, 5) is 13.5. The van der Waals surface area contributed by atoms with Crippen LogP contribution in [0.3, 0.4) is 0 Å². The number of carbonyl (C=O) groups excluding carboxylic acids is 1. The molecule has 20 heavy (non-hydrogen) atoms. The van der Waals surface area contributed by atoms with Crippen molar-refractivity contribution in [2.24, 2.45) is 5.41 Å². The third-order valence-electron chi connectivity index (χ3n) is 3.78. The van der Waals surface area contributed by atoms with Crippen molar-refractivity contribution in [1.29, 1.82) is 5.26 Å². The van der Waals surface area contributed by atoms with E-state index < -0.39 is 11.0 Å². The van der Waals surface area contributed by atoms with Gasteiger partial charge in [0.15, 0.2) is 0 Å². The number of cyclic esters (lactones) is 1. The average molecular weight is 272 g/mol. The Labute approximate surface area is 120 Å². The maximum absolute atomic E-state index is 12.0. The van der Waals surface area contributed by atoms with E-state index in [1.807, 2.05) is 44.2 Å². The van der Waals surface area contributed by atoms with E-state index in [2.05, 4.69) is 6.07 Å². The van der Waals surface area contributed by atoms with Gasteiger partial charge in [0.1, 0.15) is 5.60 Å². The molecule has 4 heteroatoms. The molecule has 0 bridgehead atoms. The van der Waals surface area contributed by atoms with Gasteiger partial charge in [-0.2, -0.15) is 5.26 Å². The fraction of sp³-hybridized carbons (Fsp3) is 0.500. The summed E-state index contributed by atoms with van der Waals surface area (Å²) in [5.74, 6) is 0. The monoisotopic (exact) mass is 272 g/mol. The molecule has 0 saturated carbocycles. The predicted octanol–water partition coefficient (Wildman–Crippen LogP) is 3.29. The SMILES string of the molecule is CN1CCC(CC(C)(C)C#N)(c2ccccc2)OC1=O. The number of rotatable bonds is 3. The van der Waals surface area contributed by atoms with Gasteiger partial charge in [0.2, 0.25) is 0 Å². The molecule has 1 aromatic rings. The lowest BCUT2D eigenvalue weighted by Gasteiger charge is -2.42. The fourth-order valence-corrected chi connectivity index (χ4v) is 2.66. The Morgan fingerprint density at radius 2 is 2.05 bits per heavy atom. The fourth-order valence-electron chi connectivity index (χ4n) is 2.66. The van der Waals surface area contributed by atoms with Crippen LogP contribution in [0.25, 0.3) is 0 Å². The minimum atomic E-state index is -0.704. The van der Waals surface area contributed by atoms with Gasteiger partial charge in [-0.3, -0.25) is 0 Å². The third kappa shape index (κ3) is 2.77. The second kappa shape index (κ2) is 5.16. The maximum atomic E-state index is 12.0. The highest BCUT2D eigenvalue weighted by molar-refractivity contribution is 5.69. The van der Waals surface area contributed by atoms with Crippen molar-refractivity contribution >= 4 is 6.09 Å². The largest absolute Gasteiger partial charge is 0.438 e. The highest BCUT2D eigenvalue weighted by Gasteiger charge is 2.45. The first-order chi connectivity index (χ1) is 9.38. The molecule has 1 unspecified atom stereocenters. The Morgan fingerprint density at radius 3 is 2.60 bits per heavy atom. The van der Waals surface area contributed by atoms with Crippen molar-refractivity contribution in [1.82, 2.24) is 4.90 Å². The summed E-state index contributed by atoms with van der Waals surface area (Å²) in [5.41, 5.74) is -0.291. The van der Waals surface area contributed by atoms with Gasteiger partial charge in [0, 0.05) is 26.4 Å². The van der Waals surface area contributed by atoms with Crippen molar-refractivity contribution in [3.63, 3.8) is 0 Å². The molecule has 0 aromatic heterocycles. The van der Waals surface area contributed by atoms with E-state index in [-0.39, 0.29) is 6.09 Å². The topological polar surface area (TPSA) is 53.3 Å². The molecule has 1 amide bonds. The number of nitriles is 1. The first-order valence-electron chi connectivity index (χ1n) is 6.79. The van der Waals surface area contributed by atoms with Crippen LogP contribution in [0.4, 0.5) is 4.79 Å². The number of benzene rings is 1. The van der Waals surface area contributed by atoms with Gasteiger partial charge in [0.25, 0.3) is 0 Å². The minimum Gasteiger partial charge on any atom is -0.438 e. The zero-order valence-electron chi connectivity index (χ0n) is 12.2. The molecular weight excluding hydrogens is 252 g/mol. The molecule has 1 aliphatic rings. The highest BCUT2D eigenvalue weighted by atomic mass is 16.6. The Bertz CT molecular complexity index is 533. The molecule has 1 saturated heterocycles. The van der Waals surface area contributed by atoms with Crippen LogP contribution in [0.1, 0.15) is 32.3 Å². The molecule has 0 aliphatic carbocycles. The van der Waals surface area contributed by atoms with E-state index in [1.165, 1.54) is 0 Å². The van der Waals surface area contributed by atoms with Crippen LogP contribution < -0.4 is 0 Å². The van der Waals surface area contributed by atoms with Crippen molar-refractivity contribution in [3.05, 3.63) is 35.9 Å². The van der Waals surface area contributed by atoms with Crippen molar-refractivity contribution in [3.8, 4) is 6.07 Å². The number of amides is 1. The van der Waals surface area contributed by atoms with E-state index in [4.69, 9.17) is 4.74 Å². The first-order valence-corrected chi connectivity index (χ1v) is 6.79. The number of nitrogens with zero attached hydrogens (tertiary/aromatic N) is 2. The Kier molecular flexibility index (Phi) is 3.71. The van der Waals surface area contributed by atoms with Gasteiger partial charge in [-0.1, -0.05) is 30.3 Å². The van der Waals surface area contributed by atoms with Crippen LogP contribution >= 0.6 is 0 Å². The highest BCUT2D eigenvalue weighted by Crippen LogP contribution is 2.42. The normalized spacial score (nSPS) is 23.1. The van der Waals surface area contributed by atoms with E-state index >= 15 is 0 Å². The summed E-state index contributed by atoms with van der Waals surface area (Å²) in [5, 5.41) is 9.30. The second-order valence-electron chi connectivity index (χ2n) is 6.07. The van der Waals surface area contributed by atoms with Crippen LogP contribution in [-0.4, -0.2) is 24.6 Å². The predicted molar refractivity (Wildman–Crippen MR) is 75.9 cm³/mol. The lowest BCUT2D eigenvalue weighted by atomic mass is 9.75. The van der Waals surface area contributed by atoms with Gasteiger partial charge >= 0.3 is 6.09 Å². The van der Waals surface area contributed by atoms with Crippen LogP contribution in [0.2, 0.25) is 0 Å². The molecule has 1 aromatic carbocycles. The lowest BCUT2D eigenvalue weighted by Crippen LogP contribution is -2.48. The summed E-state index contributed by atoms with van der Waals surface area (Å²) >= 11 is 0. The number of hydrogen-bond acceptors (Lipinski definition) is 3. The quantitative estimate of drug-likeness (QED) is 0.848.